The molecule has 0 amide bonds. The summed E-state index contributed by atoms with van der Waals surface area (Å²) in [5.74, 6) is 0.992. The first-order chi connectivity index (χ1) is 14.5. The average molecular weight is 491 g/mol. The first-order valence-electron chi connectivity index (χ1n) is 10.0. The van der Waals surface area contributed by atoms with Crippen molar-refractivity contribution in [3.63, 3.8) is 0 Å². The van der Waals surface area contributed by atoms with Crippen molar-refractivity contribution in [2.45, 2.75) is 43.9 Å². The number of esters is 1. The van der Waals surface area contributed by atoms with Gasteiger partial charge in [0.15, 0.2) is 0 Å². The first-order valence-corrected chi connectivity index (χ1v) is 11.8. The number of anilines is 1. The molecule has 0 aliphatic carbocycles. The Morgan fingerprint density at radius 1 is 1.23 bits per heavy atom. The molecule has 3 aromatic rings. The monoisotopic (exact) mass is 490 g/mol. The van der Waals surface area contributed by atoms with Crippen LogP contribution in [-0.4, -0.2) is 24.3 Å². The number of aryl methyl sites for hydroxylation is 1. The maximum Gasteiger partial charge on any atom is 0.340 e. The van der Waals surface area contributed by atoms with Crippen LogP contribution in [0.1, 0.15) is 42.7 Å². The third-order valence-corrected chi connectivity index (χ3v) is 6.66. The molecule has 3 rings (SSSR count). The molecular weight excluding hydrogens is 464 g/mol. The van der Waals surface area contributed by atoms with Gasteiger partial charge in [-0.1, -0.05) is 25.5 Å². The molecule has 0 bridgehead atoms. The highest BCUT2D eigenvalue weighted by atomic mass is 79.9. The molecule has 0 atom stereocenters. The zero-order valence-corrected chi connectivity index (χ0v) is 19.9. The number of carbonyl (C=O) groups excluding carboxylic acids is 1. The lowest BCUT2D eigenvalue weighted by Gasteiger charge is -2.13. The van der Waals surface area contributed by atoms with Crippen LogP contribution in [0.2, 0.25) is 0 Å². The predicted octanol–water partition coefficient (Wildman–Crippen LogP) is 6.26. The van der Waals surface area contributed by atoms with Gasteiger partial charge >= 0.3 is 5.97 Å². The molecule has 0 saturated carbocycles. The fourth-order valence-corrected chi connectivity index (χ4v) is 4.96. The molecule has 0 saturated heterocycles. The van der Waals surface area contributed by atoms with Crippen LogP contribution in [0, 0.1) is 0 Å². The lowest BCUT2D eigenvalue weighted by atomic mass is 10.1. The Morgan fingerprint density at radius 2 is 2.00 bits per heavy atom. The number of para-hydroxylation sites is 1. The zero-order valence-electron chi connectivity index (χ0n) is 17.5. The molecule has 0 radical (unpaired) electrons. The molecule has 0 unspecified atom stereocenters. The molecule has 1 aromatic heterocycles. The maximum atomic E-state index is 13.0. The minimum atomic E-state index is -0.307. The van der Waals surface area contributed by atoms with Gasteiger partial charge in [0.05, 0.1) is 29.3 Å². The predicted molar refractivity (Wildman–Crippen MR) is 127 cm³/mol. The zero-order chi connectivity index (χ0) is 21.7. The molecule has 2 aromatic carbocycles. The van der Waals surface area contributed by atoms with Crippen molar-refractivity contribution in [3.05, 3.63) is 52.1 Å². The molecule has 2 N–H and O–H groups in total. The maximum absolute atomic E-state index is 13.0. The fourth-order valence-electron chi connectivity index (χ4n) is 3.47. The van der Waals surface area contributed by atoms with E-state index >= 15 is 0 Å². The summed E-state index contributed by atoms with van der Waals surface area (Å²) in [4.78, 5) is 14.0. The Balaban J connectivity index is 2.18. The van der Waals surface area contributed by atoms with Crippen molar-refractivity contribution in [1.82, 2.24) is 4.57 Å². The van der Waals surface area contributed by atoms with E-state index in [2.05, 4.69) is 27.4 Å². The number of fused-ring (bicyclic) bond motifs is 1. The number of thioether (sulfide) groups is 1. The van der Waals surface area contributed by atoms with Gasteiger partial charge in [-0.05, 0) is 53.5 Å². The van der Waals surface area contributed by atoms with E-state index in [-0.39, 0.29) is 5.97 Å². The number of hydrogen-bond acceptors (Lipinski definition) is 5. The molecule has 160 valence electrons. The highest BCUT2D eigenvalue weighted by Crippen LogP contribution is 2.38. The summed E-state index contributed by atoms with van der Waals surface area (Å²) in [6.07, 6.45) is 2.07. The normalized spacial score (nSPS) is 11.1. The largest absolute Gasteiger partial charge is 0.496 e. The smallest absolute Gasteiger partial charge is 0.340 e. The highest BCUT2D eigenvalue weighted by Gasteiger charge is 2.25. The van der Waals surface area contributed by atoms with Crippen molar-refractivity contribution >= 4 is 50.3 Å². The van der Waals surface area contributed by atoms with Crippen molar-refractivity contribution in [1.29, 1.82) is 0 Å². The van der Waals surface area contributed by atoms with Crippen LogP contribution in [-0.2, 0) is 17.0 Å². The number of hydrogen-bond donors (Lipinski definition) is 1. The van der Waals surface area contributed by atoms with Crippen LogP contribution >= 0.6 is 27.7 Å². The number of nitrogen functional groups attached to an aromatic ring is 1. The first kappa shape index (κ1) is 22.6. The molecular formula is C23H27BrN2O3S. The summed E-state index contributed by atoms with van der Waals surface area (Å²) in [7, 11) is 1.62. The molecule has 5 nitrogen and oxygen atoms in total. The second kappa shape index (κ2) is 10.3. The standard InChI is InChI=1S/C23H27BrN2O3S/c1-4-6-11-26-18-13-16(24)20(28-3)12-15(18)22(23(27)29-5-2)19(26)14-30-21-10-8-7-9-17(21)25/h7-10,12-13H,4-6,11,14,25H2,1-3H3. The van der Waals surface area contributed by atoms with Crippen molar-refractivity contribution in [2.75, 3.05) is 19.5 Å². The average Bonchev–Trinajstić information content (AvgIpc) is 3.03. The topological polar surface area (TPSA) is 66.5 Å². The molecule has 0 aliphatic heterocycles. The number of halogens is 1. The number of unbranched alkanes of at least 4 members (excludes halogenated alkanes) is 1. The number of benzene rings is 2. The van der Waals surface area contributed by atoms with Gasteiger partial charge in [0, 0.05) is 34.0 Å². The van der Waals surface area contributed by atoms with E-state index in [4.69, 9.17) is 15.2 Å². The summed E-state index contributed by atoms with van der Waals surface area (Å²) in [5, 5.41) is 0.848. The Morgan fingerprint density at radius 3 is 2.67 bits per heavy atom. The van der Waals surface area contributed by atoms with Crippen LogP contribution in [0.4, 0.5) is 5.69 Å². The van der Waals surface area contributed by atoms with Crippen LogP contribution in [0.25, 0.3) is 10.9 Å². The molecule has 1 heterocycles. The van der Waals surface area contributed by atoms with E-state index in [1.807, 2.05) is 43.3 Å². The summed E-state index contributed by atoms with van der Waals surface area (Å²) < 4.78 is 14.0. The van der Waals surface area contributed by atoms with Gasteiger partial charge in [0.1, 0.15) is 5.75 Å². The molecule has 30 heavy (non-hydrogen) atoms. The minimum Gasteiger partial charge on any atom is -0.496 e. The Labute approximate surface area is 190 Å². The number of carbonyl (C=O) groups is 1. The summed E-state index contributed by atoms with van der Waals surface area (Å²) in [6.45, 7) is 5.14. The third kappa shape index (κ3) is 4.62. The van der Waals surface area contributed by atoms with Gasteiger partial charge in [-0.2, -0.15) is 0 Å². The number of nitrogens with two attached hydrogens (primary N) is 1. The van der Waals surface area contributed by atoms with E-state index < -0.39 is 0 Å². The van der Waals surface area contributed by atoms with Crippen molar-refractivity contribution in [2.24, 2.45) is 0 Å². The van der Waals surface area contributed by atoms with E-state index in [0.29, 0.717) is 23.7 Å². The SMILES string of the molecule is CCCCn1c(CSc2ccccc2N)c(C(=O)OCC)c2cc(OC)c(Br)cc21. The van der Waals surface area contributed by atoms with E-state index in [1.165, 1.54) is 0 Å². The van der Waals surface area contributed by atoms with Gasteiger partial charge in [-0.3, -0.25) is 0 Å². The van der Waals surface area contributed by atoms with Crippen LogP contribution in [0.15, 0.2) is 45.8 Å². The van der Waals surface area contributed by atoms with E-state index in [9.17, 15) is 4.79 Å². The summed E-state index contributed by atoms with van der Waals surface area (Å²) >= 11 is 5.22. The summed E-state index contributed by atoms with van der Waals surface area (Å²) in [6, 6.07) is 11.7. The van der Waals surface area contributed by atoms with Gasteiger partial charge in [-0.25, -0.2) is 4.79 Å². The number of ether oxygens (including phenoxy) is 2. The van der Waals surface area contributed by atoms with E-state index in [0.717, 1.165) is 51.0 Å². The lowest BCUT2D eigenvalue weighted by molar-refractivity contribution is 0.0527. The fraction of sp³-hybridized carbons (Fsp3) is 0.348. The number of rotatable bonds is 9. The van der Waals surface area contributed by atoms with Crippen LogP contribution in [0.3, 0.4) is 0 Å². The number of nitrogens with zero attached hydrogens (tertiary/aromatic N) is 1. The Hall–Kier alpha value is -2.12. The lowest BCUT2D eigenvalue weighted by Crippen LogP contribution is -2.10. The highest BCUT2D eigenvalue weighted by molar-refractivity contribution is 9.10. The van der Waals surface area contributed by atoms with Gasteiger partial charge in [0.25, 0.3) is 0 Å². The molecule has 0 aliphatic rings. The van der Waals surface area contributed by atoms with E-state index in [1.54, 1.807) is 18.9 Å². The number of aromatic nitrogens is 1. The molecule has 0 spiro atoms. The summed E-state index contributed by atoms with van der Waals surface area (Å²) in [5.41, 5.74) is 9.43. The second-order valence-corrected chi connectivity index (χ2v) is 8.75. The second-order valence-electron chi connectivity index (χ2n) is 6.88. The molecule has 0 fully saturated rings. The van der Waals surface area contributed by atoms with Gasteiger partial charge in [0.2, 0.25) is 0 Å². The van der Waals surface area contributed by atoms with Gasteiger partial charge in [-0.15, -0.1) is 11.8 Å². The van der Waals surface area contributed by atoms with Crippen LogP contribution in [0.5, 0.6) is 5.75 Å². The Bertz CT molecular complexity index is 1050. The number of methoxy groups -OCH3 is 1. The quantitative estimate of drug-likeness (QED) is 0.217. The minimum absolute atomic E-state index is 0.307. The third-order valence-electron chi connectivity index (χ3n) is 4.94. The van der Waals surface area contributed by atoms with Crippen molar-refractivity contribution in [3.8, 4) is 5.75 Å². The molecule has 7 heteroatoms. The van der Waals surface area contributed by atoms with Crippen molar-refractivity contribution < 1.29 is 14.3 Å². The Kier molecular flexibility index (Phi) is 7.72. The van der Waals surface area contributed by atoms with Crippen LogP contribution < -0.4 is 10.5 Å². The van der Waals surface area contributed by atoms with Gasteiger partial charge < -0.3 is 19.8 Å².